The van der Waals surface area contributed by atoms with E-state index in [-0.39, 0.29) is 16.6 Å². The van der Waals surface area contributed by atoms with Crippen LogP contribution in [0.2, 0.25) is 0 Å². The van der Waals surface area contributed by atoms with E-state index in [1.165, 1.54) is 18.3 Å². The van der Waals surface area contributed by atoms with Gasteiger partial charge in [0.1, 0.15) is 5.82 Å². The Morgan fingerprint density at radius 2 is 2.39 bits per heavy atom. The summed E-state index contributed by atoms with van der Waals surface area (Å²) in [5.41, 5.74) is 5.47. The van der Waals surface area contributed by atoms with Crippen molar-refractivity contribution in [2.45, 2.75) is 17.7 Å². The monoisotopic (exact) mass is 271 g/mol. The molecule has 7 heteroatoms. The number of aromatic nitrogens is 1. The number of nitrogens with one attached hydrogen (secondary N) is 1. The summed E-state index contributed by atoms with van der Waals surface area (Å²) in [6, 6.07) is 2.77. The van der Waals surface area contributed by atoms with Crippen molar-refractivity contribution in [2.75, 3.05) is 25.5 Å². The standard InChI is InChI=1S/C11H17N3O3S/c12-11-6-10(3-4-13-11)18(15,16)14-7-9-2-1-5-17-8-9/h3-4,6,9,14H,1-2,5,7-8H2,(H2,12,13). The molecule has 2 rings (SSSR count). The summed E-state index contributed by atoms with van der Waals surface area (Å²) < 4.78 is 31.9. The molecule has 1 aliphatic rings. The number of nitrogens with two attached hydrogens (primary N) is 1. The third-order valence-corrected chi connectivity index (χ3v) is 4.30. The molecule has 0 amide bonds. The lowest BCUT2D eigenvalue weighted by atomic mass is 10.0. The van der Waals surface area contributed by atoms with E-state index >= 15 is 0 Å². The summed E-state index contributed by atoms with van der Waals surface area (Å²) in [6.45, 7) is 1.77. The van der Waals surface area contributed by atoms with E-state index in [0.717, 1.165) is 19.4 Å². The fraction of sp³-hybridized carbons (Fsp3) is 0.545. The van der Waals surface area contributed by atoms with Crippen LogP contribution in [0.15, 0.2) is 23.2 Å². The Labute approximate surface area is 107 Å². The van der Waals surface area contributed by atoms with Gasteiger partial charge in [-0.15, -0.1) is 0 Å². The van der Waals surface area contributed by atoms with E-state index < -0.39 is 10.0 Å². The van der Waals surface area contributed by atoms with E-state index in [9.17, 15) is 8.42 Å². The summed E-state index contributed by atoms with van der Waals surface area (Å²) in [4.78, 5) is 3.91. The summed E-state index contributed by atoms with van der Waals surface area (Å²) in [7, 11) is -3.51. The Hall–Kier alpha value is -1.18. The molecule has 1 unspecified atom stereocenters. The third kappa shape index (κ3) is 3.41. The quantitative estimate of drug-likeness (QED) is 0.825. The predicted octanol–water partition coefficient (Wildman–Crippen LogP) is 0.369. The van der Waals surface area contributed by atoms with Crippen LogP contribution in [-0.4, -0.2) is 33.2 Å². The average molecular weight is 271 g/mol. The van der Waals surface area contributed by atoms with Crippen LogP contribution in [0.5, 0.6) is 0 Å². The Morgan fingerprint density at radius 3 is 3.06 bits per heavy atom. The minimum atomic E-state index is -3.51. The fourth-order valence-corrected chi connectivity index (χ4v) is 3.01. The summed E-state index contributed by atoms with van der Waals surface area (Å²) in [5.74, 6) is 0.437. The van der Waals surface area contributed by atoms with Crippen molar-refractivity contribution in [2.24, 2.45) is 5.92 Å². The molecule has 0 spiro atoms. The molecule has 1 aliphatic heterocycles. The van der Waals surface area contributed by atoms with Crippen molar-refractivity contribution in [3.63, 3.8) is 0 Å². The highest BCUT2D eigenvalue weighted by atomic mass is 32.2. The molecule has 0 aliphatic carbocycles. The zero-order valence-corrected chi connectivity index (χ0v) is 10.8. The van der Waals surface area contributed by atoms with Crippen molar-refractivity contribution in [1.29, 1.82) is 0 Å². The van der Waals surface area contributed by atoms with Crippen LogP contribution >= 0.6 is 0 Å². The number of hydrogen-bond donors (Lipinski definition) is 2. The smallest absolute Gasteiger partial charge is 0.240 e. The third-order valence-electron chi connectivity index (χ3n) is 2.88. The molecular weight excluding hydrogens is 254 g/mol. The Morgan fingerprint density at radius 1 is 1.56 bits per heavy atom. The molecule has 100 valence electrons. The van der Waals surface area contributed by atoms with Gasteiger partial charge in [-0.3, -0.25) is 0 Å². The second-order valence-corrected chi connectivity index (χ2v) is 6.12. The minimum Gasteiger partial charge on any atom is -0.384 e. The van der Waals surface area contributed by atoms with E-state index in [1.54, 1.807) is 0 Å². The summed E-state index contributed by atoms with van der Waals surface area (Å²) in [6.07, 6.45) is 3.35. The van der Waals surface area contributed by atoms with Gasteiger partial charge in [0.25, 0.3) is 0 Å². The molecule has 1 fully saturated rings. The molecule has 3 N–H and O–H groups in total. The number of anilines is 1. The van der Waals surface area contributed by atoms with Gasteiger partial charge in [0.05, 0.1) is 11.5 Å². The van der Waals surface area contributed by atoms with Crippen LogP contribution in [0.1, 0.15) is 12.8 Å². The second-order valence-electron chi connectivity index (χ2n) is 4.35. The van der Waals surface area contributed by atoms with Crippen molar-refractivity contribution in [3.05, 3.63) is 18.3 Å². The number of rotatable bonds is 4. The molecule has 0 saturated carbocycles. The first-order chi connectivity index (χ1) is 8.58. The average Bonchev–Trinajstić information content (AvgIpc) is 2.38. The second kappa shape index (κ2) is 5.64. The molecule has 0 bridgehead atoms. The summed E-state index contributed by atoms with van der Waals surface area (Å²) >= 11 is 0. The summed E-state index contributed by atoms with van der Waals surface area (Å²) in [5, 5.41) is 0. The number of hydrogen-bond acceptors (Lipinski definition) is 5. The van der Waals surface area contributed by atoms with Gasteiger partial charge in [0.2, 0.25) is 10.0 Å². The van der Waals surface area contributed by atoms with Gasteiger partial charge in [-0.2, -0.15) is 0 Å². The molecule has 1 saturated heterocycles. The maximum absolute atomic E-state index is 12.0. The van der Waals surface area contributed by atoms with Gasteiger partial charge in [-0.1, -0.05) is 0 Å². The lowest BCUT2D eigenvalue weighted by molar-refractivity contribution is 0.0568. The van der Waals surface area contributed by atoms with E-state index in [4.69, 9.17) is 10.5 Å². The molecule has 1 aromatic heterocycles. The first kappa shape index (κ1) is 13.3. The Bertz CT molecular complexity index is 498. The normalized spacial score (nSPS) is 20.8. The van der Waals surface area contributed by atoms with Crippen molar-refractivity contribution >= 4 is 15.8 Å². The molecule has 0 aromatic carbocycles. The van der Waals surface area contributed by atoms with Gasteiger partial charge >= 0.3 is 0 Å². The van der Waals surface area contributed by atoms with Crippen LogP contribution in [0.3, 0.4) is 0 Å². The van der Waals surface area contributed by atoms with Crippen molar-refractivity contribution in [3.8, 4) is 0 Å². The maximum atomic E-state index is 12.0. The van der Waals surface area contributed by atoms with Gasteiger partial charge in [0.15, 0.2) is 0 Å². The van der Waals surface area contributed by atoms with Crippen LogP contribution in [0.25, 0.3) is 0 Å². The van der Waals surface area contributed by atoms with Gasteiger partial charge in [-0.05, 0) is 24.8 Å². The van der Waals surface area contributed by atoms with Gasteiger partial charge in [0, 0.05) is 25.4 Å². The maximum Gasteiger partial charge on any atom is 0.240 e. The SMILES string of the molecule is Nc1cc(S(=O)(=O)NCC2CCCOC2)ccn1. The molecule has 0 radical (unpaired) electrons. The topological polar surface area (TPSA) is 94.3 Å². The Balaban J connectivity index is 1.98. The number of nitrogens with zero attached hydrogens (tertiary/aromatic N) is 1. The molecule has 6 nitrogen and oxygen atoms in total. The molecule has 18 heavy (non-hydrogen) atoms. The van der Waals surface area contributed by atoms with E-state index in [2.05, 4.69) is 9.71 Å². The van der Waals surface area contributed by atoms with Crippen LogP contribution in [0, 0.1) is 5.92 Å². The lowest BCUT2D eigenvalue weighted by Gasteiger charge is -2.22. The lowest BCUT2D eigenvalue weighted by Crippen LogP contribution is -2.33. The highest BCUT2D eigenvalue weighted by Crippen LogP contribution is 2.14. The molecule has 1 atom stereocenters. The van der Waals surface area contributed by atoms with Crippen LogP contribution in [-0.2, 0) is 14.8 Å². The van der Waals surface area contributed by atoms with Crippen molar-refractivity contribution < 1.29 is 13.2 Å². The number of ether oxygens (including phenoxy) is 1. The number of sulfonamides is 1. The first-order valence-corrected chi connectivity index (χ1v) is 7.35. The van der Waals surface area contributed by atoms with Gasteiger partial charge in [-0.25, -0.2) is 18.1 Å². The predicted molar refractivity (Wildman–Crippen MR) is 67.4 cm³/mol. The zero-order chi connectivity index (χ0) is 13.0. The van der Waals surface area contributed by atoms with Crippen molar-refractivity contribution in [1.82, 2.24) is 9.71 Å². The van der Waals surface area contributed by atoms with E-state index in [1.807, 2.05) is 0 Å². The largest absolute Gasteiger partial charge is 0.384 e. The fourth-order valence-electron chi connectivity index (χ4n) is 1.87. The van der Waals surface area contributed by atoms with Gasteiger partial charge < -0.3 is 10.5 Å². The zero-order valence-electron chi connectivity index (χ0n) is 10.0. The van der Waals surface area contributed by atoms with Crippen LogP contribution < -0.4 is 10.5 Å². The highest BCUT2D eigenvalue weighted by Gasteiger charge is 2.19. The number of nitrogen functional groups attached to an aromatic ring is 1. The number of pyridine rings is 1. The highest BCUT2D eigenvalue weighted by molar-refractivity contribution is 7.89. The minimum absolute atomic E-state index is 0.145. The first-order valence-electron chi connectivity index (χ1n) is 5.87. The van der Waals surface area contributed by atoms with E-state index in [0.29, 0.717) is 13.2 Å². The van der Waals surface area contributed by atoms with Crippen LogP contribution in [0.4, 0.5) is 5.82 Å². The molecule has 2 heterocycles. The molecule has 1 aromatic rings. The molecular formula is C11H17N3O3S. The Kier molecular flexibility index (Phi) is 4.15.